The first-order valence-corrected chi connectivity index (χ1v) is 9.26. The first-order valence-electron chi connectivity index (χ1n) is 9.26. The first-order chi connectivity index (χ1) is 12.0. The molecule has 2 heterocycles. The van der Waals surface area contributed by atoms with Gasteiger partial charge < -0.3 is 15.5 Å². The number of likely N-dealkylation sites (tertiary alicyclic amines) is 1. The van der Waals surface area contributed by atoms with Crippen molar-refractivity contribution in [3.05, 3.63) is 17.5 Å². The highest BCUT2D eigenvalue weighted by Gasteiger charge is 2.16. The van der Waals surface area contributed by atoms with Crippen LogP contribution in [0.1, 0.15) is 44.0 Å². The minimum Gasteiger partial charge on any atom is -0.341 e. The van der Waals surface area contributed by atoms with Gasteiger partial charge >= 0.3 is 6.03 Å². The van der Waals surface area contributed by atoms with Gasteiger partial charge in [0, 0.05) is 44.8 Å². The molecular weight excluding hydrogens is 318 g/mol. The molecule has 0 aromatic carbocycles. The second-order valence-electron chi connectivity index (χ2n) is 7.04. The van der Waals surface area contributed by atoms with Crippen LogP contribution in [0.5, 0.6) is 0 Å². The molecule has 1 aliphatic rings. The molecule has 25 heavy (non-hydrogen) atoms. The number of carbonyl (C=O) groups excluding carboxylic acids is 2. The summed E-state index contributed by atoms with van der Waals surface area (Å²) < 4.78 is 1.98. The maximum Gasteiger partial charge on any atom is 0.314 e. The van der Waals surface area contributed by atoms with Crippen LogP contribution in [0.15, 0.2) is 6.07 Å². The highest BCUT2D eigenvalue weighted by atomic mass is 16.2. The highest BCUT2D eigenvalue weighted by molar-refractivity contribution is 5.76. The van der Waals surface area contributed by atoms with E-state index < -0.39 is 0 Å². The predicted octanol–water partition coefficient (Wildman–Crippen LogP) is 1.84. The molecule has 2 rings (SSSR count). The Balaban J connectivity index is 1.63. The van der Waals surface area contributed by atoms with Crippen LogP contribution < -0.4 is 10.6 Å². The third-order valence-corrected chi connectivity index (χ3v) is 4.54. The van der Waals surface area contributed by atoms with Crippen LogP contribution in [-0.4, -0.2) is 52.8 Å². The molecular formula is C18H31N5O2. The van der Waals surface area contributed by atoms with Gasteiger partial charge in [0.1, 0.15) is 0 Å². The molecule has 1 aromatic heterocycles. The van der Waals surface area contributed by atoms with Crippen LogP contribution in [0, 0.1) is 19.8 Å². The fraction of sp³-hybridized carbons (Fsp3) is 0.722. The van der Waals surface area contributed by atoms with Gasteiger partial charge in [-0.05, 0) is 38.7 Å². The molecule has 1 atom stereocenters. The Hall–Kier alpha value is -2.05. The Labute approximate surface area is 150 Å². The summed E-state index contributed by atoms with van der Waals surface area (Å²) in [7, 11) is 0. The molecule has 0 spiro atoms. The lowest BCUT2D eigenvalue weighted by atomic mass is 10.2. The number of amides is 3. The summed E-state index contributed by atoms with van der Waals surface area (Å²) in [6.07, 6.45) is 3.79. The van der Waals surface area contributed by atoms with Crippen LogP contribution >= 0.6 is 0 Å². The van der Waals surface area contributed by atoms with Gasteiger partial charge in [-0.2, -0.15) is 5.10 Å². The van der Waals surface area contributed by atoms with E-state index in [0.29, 0.717) is 26.1 Å². The topological polar surface area (TPSA) is 79.3 Å². The monoisotopic (exact) mass is 349 g/mol. The number of nitrogens with one attached hydrogen (secondary N) is 2. The Morgan fingerprint density at radius 3 is 2.80 bits per heavy atom. The van der Waals surface area contributed by atoms with E-state index in [0.717, 1.165) is 43.7 Å². The SMILES string of the molecule is Cc1cc(C)n(C[C@@H](C)CNC(=O)NCCN2CCCCCC2=O)n1. The van der Waals surface area contributed by atoms with E-state index in [1.165, 1.54) is 0 Å². The summed E-state index contributed by atoms with van der Waals surface area (Å²) in [6.45, 7) is 9.37. The predicted molar refractivity (Wildman–Crippen MR) is 97.3 cm³/mol. The van der Waals surface area contributed by atoms with Crippen molar-refractivity contribution in [1.82, 2.24) is 25.3 Å². The molecule has 1 fully saturated rings. The van der Waals surface area contributed by atoms with E-state index in [1.807, 2.05) is 23.4 Å². The van der Waals surface area contributed by atoms with E-state index >= 15 is 0 Å². The zero-order valence-electron chi connectivity index (χ0n) is 15.7. The molecule has 7 nitrogen and oxygen atoms in total. The lowest BCUT2D eigenvalue weighted by Gasteiger charge is -2.21. The van der Waals surface area contributed by atoms with Gasteiger partial charge in [0.25, 0.3) is 0 Å². The second-order valence-corrected chi connectivity index (χ2v) is 7.04. The average molecular weight is 349 g/mol. The Bertz CT molecular complexity index is 584. The number of hydrogen-bond donors (Lipinski definition) is 2. The number of carbonyl (C=O) groups is 2. The molecule has 1 aliphatic heterocycles. The lowest BCUT2D eigenvalue weighted by molar-refractivity contribution is -0.130. The lowest BCUT2D eigenvalue weighted by Crippen LogP contribution is -2.43. The van der Waals surface area contributed by atoms with Gasteiger partial charge in [-0.1, -0.05) is 13.3 Å². The van der Waals surface area contributed by atoms with Gasteiger partial charge in [0.05, 0.1) is 5.69 Å². The van der Waals surface area contributed by atoms with Crippen molar-refractivity contribution in [2.24, 2.45) is 5.92 Å². The summed E-state index contributed by atoms with van der Waals surface area (Å²) >= 11 is 0. The minimum atomic E-state index is -0.178. The molecule has 7 heteroatoms. The van der Waals surface area contributed by atoms with E-state index in [9.17, 15) is 9.59 Å². The number of urea groups is 1. The first kappa shape index (κ1) is 19.3. The maximum absolute atomic E-state index is 11.9. The molecule has 2 N–H and O–H groups in total. The van der Waals surface area contributed by atoms with E-state index in [4.69, 9.17) is 0 Å². The molecule has 1 saturated heterocycles. The molecule has 0 radical (unpaired) electrons. The van der Waals surface area contributed by atoms with E-state index in [-0.39, 0.29) is 17.9 Å². The fourth-order valence-electron chi connectivity index (χ4n) is 3.13. The van der Waals surface area contributed by atoms with Crippen molar-refractivity contribution in [2.75, 3.05) is 26.2 Å². The van der Waals surface area contributed by atoms with Gasteiger partial charge in [0.15, 0.2) is 0 Å². The standard InChI is InChI=1S/C18H31N5O2/c1-14(13-23-16(3)11-15(2)21-23)12-20-18(25)19-8-10-22-9-6-4-5-7-17(22)24/h11,14H,4-10,12-13H2,1-3H3,(H2,19,20,25)/t14-/m0/s1. The van der Waals surface area contributed by atoms with Crippen LogP contribution in [0.2, 0.25) is 0 Å². The summed E-state index contributed by atoms with van der Waals surface area (Å²) in [5, 5.41) is 10.2. The van der Waals surface area contributed by atoms with Crippen molar-refractivity contribution in [2.45, 2.75) is 53.0 Å². The van der Waals surface area contributed by atoms with Crippen molar-refractivity contribution >= 4 is 11.9 Å². The van der Waals surface area contributed by atoms with E-state index in [2.05, 4.69) is 28.7 Å². The number of hydrogen-bond acceptors (Lipinski definition) is 3. The Morgan fingerprint density at radius 2 is 2.08 bits per heavy atom. The smallest absolute Gasteiger partial charge is 0.314 e. The largest absolute Gasteiger partial charge is 0.341 e. The van der Waals surface area contributed by atoms with Gasteiger partial charge in [0.2, 0.25) is 5.91 Å². The summed E-state index contributed by atoms with van der Waals surface area (Å²) in [4.78, 5) is 25.7. The summed E-state index contributed by atoms with van der Waals surface area (Å²) in [6, 6.07) is 1.87. The van der Waals surface area contributed by atoms with Crippen LogP contribution in [0.25, 0.3) is 0 Å². The normalized spacial score (nSPS) is 16.4. The molecule has 140 valence electrons. The van der Waals surface area contributed by atoms with Crippen LogP contribution in [-0.2, 0) is 11.3 Å². The number of nitrogens with zero attached hydrogens (tertiary/aromatic N) is 3. The summed E-state index contributed by atoms with van der Waals surface area (Å²) in [5.74, 6) is 0.495. The van der Waals surface area contributed by atoms with Crippen molar-refractivity contribution in [3.8, 4) is 0 Å². The van der Waals surface area contributed by atoms with Crippen LogP contribution in [0.3, 0.4) is 0 Å². The second kappa shape index (κ2) is 9.44. The Kier molecular flexibility index (Phi) is 7.28. The highest BCUT2D eigenvalue weighted by Crippen LogP contribution is 2.10. The van der Waals surface area contributed by atoms with Crippen molar-refractivity contribution in [1.29, 1.82) is 0 Å². The average Bonchev–Trinajstić information content (AvgIpc) is 2.74. The third-order valence-electron chi connectivity index (χ3n) is 4.54. The molecule has 0 bridgehead atoms. The van der Waals surface area contributed by atoms with Crippen LogP contribution in [0.4, 0.5) is 4.79 Å². The zero-order chi connectivity index (χ0) is 18.2. The zero-order valence-corrected chi connectivity index (χ0v) is 15.7. The van der Waals surface area contributed by atoms with Gasteiger partial charge in [-0.15, -0.1) is 0 Å². The Morgan fingerprint density at radius 1 is 1.28 bits per heavy atom. The number of aryl methyl sites for hydroxylation is 2. The summed E-state index contributed by atoms with van der Waals surface area (Å²) in [5.41, 5.74) is 2.15. The van der Waals surface area contributed by atoms with E-state index in [1.54, 1.807) is 0 Å². The van der Waals surface area contributed by atoms with Crippen molar-refractivity contribution < 1.29 is 9.59 Å². The molecule has 0 aliphatic carbocycles. The van der Waals surface area contributed by atoms with Gasteiger partial charge in [-0.25, -0.2) is 4.79 Å². The fourth-order valence-corrected chi connectivity index (χ4v) is 3.13. The maximum atomic E-state index is 11.9. The minimum absolute atomic E-state index is 0.178. The molecule has 3 amide bonds. The van der Waals surface area contributed by atoms with Gasteiger partial charge in [-0.3, -0.25) is 9.48 Å². The van der Waals surface area contributed by atoms with Crippen molar-refractivity contribution in [3.63, 3.8) is 0 Å². The molecule has 1 aromatic rings. The number of aromatic nitrogens is 2. The third kappa shape index (κ3) is 6.40. The quantitative estimate of drug-likeness (QED) is 0.788. The molecule has 0 saturated carbocycles. The molecule has 0 unspecified atom stereocenters. The number of rotatable bonds is 7.